The number of amides is 1. The summed E-state index contributed by atoms with van der Waals surface area (Å²) in [6.07, 6.45) is 1.45. The van der Waals surface area contributed by atoms with Gasteiger partial charge in [0.15, 0.2) is 11.5 Å². The Balaban J connectivity index is 2.37. The van der Waals surface area contributed by atoms with E-state index in [1.807, 2.05) is 12.1 Å². The lowest BCUT2D eigenvalue weighted by Gasteiger charge is -2.09. The Morgan fingerprint density at radius 3 is 2.48 bits per heavy atom. The van der Waals surface area contributed by atoms with Crippen molar-refractivity contribution in [1.29, 1.82) is 0 Å². The van der Waals surface area contributed by atoms with Crippen LogP contribution in [-0.2, 0) is 16.0 Å². The van der Waals surface area contributed by atoms with Crippen molar-refractivity contribution in [3.63, 3.8) is 0 Å². The van der Waals surface area contributed by atoms with Gasteiger partial charge in [0, 0.05) is 19.4 Å². The van der Waals surface area contributed by atoms with Gasteiger partial charge >= 0.3 is 5.97 Å². The fourth-order valence-corrected chi connectivity index (χ4v) is 1.85. The van der Waals surface area contributed by atoms with E-state index in [-0.39, 0.29) is 12.3 Å². The van der Waals surface area contributed by atoms with Crippen LogP contribution in [0.2, 0.25) is 0 Å². The van der Waals surface area contributed by atoms with Crippen LogP contribution in [0.1, 0.15) is 24.8 Å². The summed E-state index contributed by atoms with van der Waals surface area (Å²) in [5.74, 6) is 0.348. The fraction of sp³-hybridized carbons (Fsp3) is 0.467. The van der Waals surface area contributed by atoms with Crippen molar-refractivity contribution >= 4 is 11.9 Å². The van der Waals surface area contributed by atoms with Crippen LogP contribution >= 0.6 is 0 Å². The number of benzene rings is 1. The van der Waals surface area contributed by atoms with Crippen LogP contribution < -0.4 is 14.8 Å². The number of hydrogen-bond acceptors (Lipinski definition) is 4. The summed E-state index contributed by atoms with van der Waals surface area (Å²) >= 11 is 0. The van der Waals surface area contributed by atoms with Gasteiger partial charge in [-0.25, -0.2) is 0 Å². The van der Waals surface area contributed by atoms with Gasteiger partial charge in [0.25, 0.3) is 0 Å². The van der Waals surface area contributed by atoms with Gasteiger partial charge in [-0.1, -0.05) is 6.07 Å². The third-order valence-corrected chi connectivity index (χ3v) is 2.98. The number of ether oxygens (including phenoxy) is 2. The molecule has 1 amide bonds. The van der Waals surface area contributed by atoms with Gasteiger partial charge in [0.1, 0.15) is 0 Å². The molecule has 0 spiro atoms. The van der Waals surface area contributed by atoms with Gasteiger partial charge in [-0.15, -0.1) is 0 Å². The third-order valence-electron chi connectivity index (χ3n) is 2.98. The maximum atomic E-state index is 11.6. The molecule has 6 heteroatoms. The Morgan fingerprint density at radius 2 is 1.86 bits per heavy atom. The highest BCUT2D eigenvalue weighted by Crippen LogP contribution is 2.27. The molecule has 0 atom stereocenters. The minimum atomic E-state index is -0.852. The van der Waals surface area contributed by atoms with Crippen LogP contribution in [0.25, 0.3) is 0 Å². The maximum absolute atomic E-state index is 11.6. The van der Waals surface area contributed by atoms with Crippen LogP contribution in [0.3, 0.4) is 0 Å². The van der Waals surface area contributed by atoms with E-state index < -0.39 is 5.97 Å². The van der Waals surface area contributed by atoms with Gasteiger partial charge in [-0.3, -0.25) is 9.59 Å². The zero-order valence-electron chi connectivity index (χ0n) is 12.3. The smallest absolute Gasteiger partial charge is 0.303 e. The van der Waals surface area contributed by atoms with E-state index in [1.54, 1.807) is 20.3 Å². The topological polar surface area (TPSA) is 84.9 Å². The van der Waals surface area contributed by atoms with Crippen molar-refractivity contribution in [2.45, 2.75) is 25.7 Å². The Morgan fingerprint density at radius 1 is 1.14 bits per heavy atom. The summed E-state index contributed by atoms with van der Waals surface area (Å²) in [5, 5.41) is 11.2. The first-order valence-corrected chi connectivity index (χ1v) is 6.76. The minimum Gasteiger partial charge on any atom is -0.493 e. The fourth-order valence-electron chi connectivity index (χ4n) is 1.85. The van der Waals surface area contributed by atoms with E-state index in [0.29, 0.717) is 37.3 Å². The number of carbonyl (C=O) groups excluding carboxylic acids is 1. The maximum Gasteiger partial charge on any atom is 0.303 e. The third kappa shape index (κ3) is 6.16. The van der Waals surface area contributed by atoms with Gasteiger partial charge in [0.05, 0.1) is 14.2 Å². The molecular weight excluding hydrogens is 274 g/mol. The largest absolute Gasteiger partial charge is 0.493 e. The molecule has 0 radical (unpaired) electrons. The summed E-state index contributed by atoms with van der Waals surface area (Å²) in [7, 11) is 3.14. The number of rotatable bonds is 9. The molecule has 1 aromatic carbocycles. The second kappa shape index (κ2) is 8.84. The molecule has 0 unspecified atom stereocenters. The van der Waals surface area contributed by atoms with Crippen LogP contribution in [0.4, 0.5) is 0 Å². The summed E-state index contributed by atoms with van der Waals surface area (Å²) < 4.78 is 10.4. The zero-order valence-corrected chi connectivity index (χ0v) is 12.3. The van der Waals surface area contributed by atoms with Crippen molar-refractivity contribution in [3.8, 4) is 11.5 Å². The monoisotopic (exact) mass is 295 g/mol. The minimum absolute atomic E-state index is 0.0654. The molecule has 21 heavy (non-hydrogen) atoms. The Kier molecular flexibility index (Phi) is 7.08. The molecule has 0 heterocycles. The van der Waals surface area contributed by atoms with Crippen molar-refractivity contribution in [3.05, 3.63) is 23.8 Å². The summed E-state index contributed by atoms with van der Waals surface area (Å²) in [6, 6.07) is 5.54. The number of carboxylic acid groups (broad SMARTS) is 1. The number of aryl methyl sites for hydroxylation is 1. The lowest BCUT2D eigenvalue weighted by molar-refractivity contribution is -0.137. The first kappa shape index (κ1) is 16.8. The van der Waals surface area contributed by atoms with Crippen molar-refractivity contribution in [1.82, 2.24) is 5.32 Å². The highest BCUT2D eigenvalue weighted by atomic mass is 16.5. The second-order valence-electron chi connectivity index (χ2n) is 4.54. The average Bonchev–Trinajstić information content (AvgIpc) is 2.48. The Labute approximate surface area is 124 Å². The van der Waals surface area contributed by atoms with Crippen molar-refractivity contribution < 1.29 is 24.2 Å². The molecule has 2 N–H and O–H groups in total. The first-order chi connectivity index (χ1) is 10.1. The van der Waals surface area contributed by atoms with Crippen LogP contribution in [0.5, 0.6) is 11.5 Å². The number of aliphatic carboxylic acids is 1. The number of carbonyl (C=O) groups is 2. The molecule has 0 aliphatic heterocycles. The molecule has 0 bridgehead atoms. The quantitative estimate of drug-likeness (QED) is 0.676. The molecule has 116 valence electrons. The SMILES string of the molecule is COc1ccc(CCC(=O)NCCCC(=O)O)cc1OC. The molecule has 1 aromatic rings. The molecular formula is C15H21NO5. The van der Waals surface area contributed by atoms with E-state index >= 15 is 0 Å². The highest BCUT2D eigenvalue weighted by molar-refractivity contribution is 5.76. The van der Waals surface area contributed by atoms with Gasteiger partial charge in [0.2, 0.25) is 5.91 Å². The van der Waals surface area contributed by atoms with E-state index in [0.717, 1.165) is 5.56 Å². The van der Waals surface area contributed by atoms with Crippen molar-refractivity contribution in [2.24, 2.45) is 0 Å². The molecule has 6 nitrogen and oxygen atoms in total. The van der Waals surface area contributed by atoms with Gasteiger partial charge in [-0.2, -0.15) is 0 Å². The van der Waals surface area contributed by atoms with Crippen molar-refractivity contribution in [2.75, 3.05) is 20.8 Å². The predicted octanol–water partition coefficient (Wildman–Crippen LogP) is 1.62. The standard InChI is InChI=1S/C15H21NO5/c1-20-12-7-5-11(10-13(12)21-2)6-8-14(17)16-9-3-4-15(18)19/h5,7,10H,3-4,6,8-9H2,1-2H3,(H,16,17)(H,18,19). The van der Waals surface area contributed by atoms with E-state index in [9.17, 15) is 9.59 Å². The Hall–Kier alpha value is -2.24. The normalized spacial score (nSPS) is 10.0. The highest BCUT2D eigenvalue weighted by Gasteiger charge is 2.07. The van der Waals surface area contributed by atoms with Gasteiger partial charge in [-0.05, 0) is 30.5 Å². The molecule has 0 saturated heterocycles. The summed E-state index contributed by atoms with van der Waals surface area (Å²) in [5.41, 5.74) is 0.980. The van der Waals surface area contributed by atoms with Crippen LogP contribution in [-0.4, -0.2) is 37.7 Å². The number of carboxylic acids is 1. The van der Waals surface area contributed by atoms with Crippen LogP contribution in [0, 0.1) is 0 Å². The molecule has 0 saturated carbocycles. The van der Waals surface area contributed by atoms with E-state index in [2.05, 4.69) is 5.32 Å². The molecule has 0 aliphatic carbocycles. The van der Waals surface area contributed by atoms with E-state index in [4.69, 9.17) is 14.6 Å². The summed E-state index contributed by atoms with van der Waals surface area (Å²) in [6.45, 7) is 0.386. The number of methoxy groups -OCH3 is 2. The zero-order chi connectivity index (χ0) is 15.7. The first-order valence-electron chi connectivity index (χ1n) is 6.76. The lowest BCUT2D eigenvalue weighted by atomic mass is 10.1. The second-order valence-corrected chi connectivity index (χ2v) is 4.54. The molecule has 0 aromatic heterocycles. The number of nitrogens with one attached hydrogen (secondary N) is 1. The predicted molar refractivity (Wildman–Crippen MR) is 77.7 cm³/mol. The summed E-state index contributed by atoms with van der Waals surface area (Å²) in [4.78, 5) is 22.0. The molecule has 1 rings (SSSR count). The van der Waals surface area contributed by atoms with Crippen LogP contribution in [0.15, 0.2) is 18.2 Å². The number of hydrogen-bond donors (Lipinski definition) is 2. The Bertz CT molecular complexity index is 487. The average molecular weight is 295 g/mol. The van der Waals surface area contributed by atoms with E-state index in [1.165, 1.54) is 0 Å². The molecule has 0 aliphatic rings. The van der Waals surface area contributed by atoms with Gasteiger partial charge < -0.3 is 19.9 Å². The lowest BCUT2D eigenvalue weighted by Crippen LogP contribution is -2.25. The molecule has 0 fully saturated rings.